The second kappa shape index (κ2) is 5.86. The van der Waals surface area contributed by atoms with Crippen molar-refractivity contribution in [3.05, 3.63) is 23.8 Å². The summed E-state index contributed by atoms with van der Waals surface area (Å²) >= 11 is 0. The number of methoxy groups -OCH3 is 1. The van der Waals surface area contributed by atoms with E-state index in [-0.39, 0.29) is 17.8 Å². The maximum absolute atomic E-state index is 11.8. The van der Waals surface area contributed by atoms with Crippen molar-refractivity contribution in [3.63, 3.8) is 0 Å². The van der Waals surface area contributed by atoms with Gasteiger partial charge in [0.05, 0.1) is 0 Å². The molecule has 0 amide bonds. The average Bonchev–Trinajstić information content (AvgIpc) is 2.22. The van der Waals surface area contributed by atoms with E-state index in [1.165, 1.54) is 5.57 Å². The van der Waals surface area contributed by atoms with Crippen molar-refractivity contribution in [2.75, 3.05) is 7.11 Å². The van der Waals surface area contributed by atoms with Crippen LogP contribution in [0.5, 0.6) is 0 Å². The first-order valence-electron chi connectivity index (χ1n) is 5.59. The van der Waals surface area contributed by atoms with E-state index in [9.17, 15) is 4.79 Å². The van der Waals surface area contributed by atoms with Crippen molar-refractivity contribution in [2.45, 2.75) is 39.2 Å². The maximum atomic E-state index is 11.8. The molecule has 0 aromatic heterocycles. The van der Waals surface area contributed by atoms with Gasteiger partial charge in [-0.1, -0.05) is 30.7 Å². The standard InChI is InChI=1S/C13H20O2/c1-4-7-12(14)13(15-3)11-9-6-5-8-10(11)2/h6,8-9,11,13H,4-5,7H2,1-3H3. The highest BCUT2D eigenvalue weighted by Gasteiger charge is 2.27. The first-order valence-corrected chi connectivity index (χ1v) is 5.59. The molecule has 0 saturated carbocycles. The highest BCUT2D eigenvalue weighted by atomic mass is 16.5. The lowest BCUT2D eigenvalue weighted by molar-refractivity contribution is -0.130. The zero-order valence-electron chi connectivity index (χ0n) is 9.82. The predicted octanol–water partition coefficient (Wildman–Crippen LogP) is 2.89. The zero-order chi connectivity index (χ0) is 11.3. The number of allylic oxidation sites excluding steroid dienone is 2. The van der Waals surface area contributed by atoms with Gasteiger partial charge in [-0.15, -0.1) is 0 Å². The number of carbonyl (C=O) groups is 1. The molecule has 1 aliphatic rings. The summed E-state index contributed by atoms with van der Waals surface area (Å²) in [6.45, 7) is 4.09. The molecule has 0 radical (unpaired) electrons. The van der Waals surface area contributed by atoms with Crippen LogP contribution in [0.25, 0.3) is 0 Å². The van der Waals surface area contributed by atoms with Gasteiger partial charge in [-0.25, -0.2) is 0 Å². The molecular weight excluding hydrogens is 188 g/mol. The fourth-order valence-electron chi connectivity index (χ4n) is 1.97. The Kier molecular flexibility index (Phi) is 4.76. The van der Waals surface area contributed by atoms with Crippen LogP contribution in [0, 0.1) is 5.92 Å². The highest BCUT2D eigenvalue weighted by Crippen LogP contribution is 2.24. The Balaban J connectivity index is 2.73. The van der Waals surface area contributed by atoms with Gasteiger partial charge in [-0.2, -0.15) is 0 Å². The fraction of sp³-hybridized carbons (Fsp3) is 0.615. The quantitative estimate of drug-likeness (QED) is 0.649. The second-order valence-electron chi connectivity index (χ2n) is 4.01. The van der Waals surface area contributed by atoms with Crippen molar-refractivity contribution in [1.82, 2.24) is 0 Å². The smallest absolute Gasteiger partial charge is 0.162 e. The van der Waals surface area contributed by atoms with Crippen LogP contribution in [0.3, 0.4) is 0 Å². The van der Waals surface area contributed by atoms with E-state index in [0.717, 1.165) is 12.8 Å². The largest absolute Gasteiger partial charge is 0.373 e. The molecule has 2 heteroatoms. The Bertz CT molecular complexity index is 276. The molecule has 2 unspecified atom stereocenters. The molecule has 0 saturated heterocycles. The first kappa shape index (κ1) is 12.2. The van der Waals surface area contributed by atoms with Gasteiger partial charge in [-0.3, -0.25) is 4.79 Å². The Hall–Kier alpha value is -0.890. The Morgan fingerprint density at radius 2 is 2.40 bits per heavy atom. The Morgan fingerprint density at radius 3 is 2.93 bits per heavy atom. The van der Waals surface area contributed by atoms with Gasteiger partial charge in [0.15, 0.2) is 5.78 Å². The lowest BCUT2D eigenvalue weighted by atomic mass is 9.86. The van der Waals surface area contributed by atoms with Crippen molar-refractivity contribution < 1.29 is 9.53 Å². The monoisotopic (exact) mass is 208 g/mol. The molecule has 0 N–H and O–H groups in total. The summed E-state index contributed by atoms with van der Waals surface area (Å²) in [5.74, 6) is 0.354. The predicted molar refractivity (Wildman–Crippen MR) is 61.7 cm³/mol. The van der Waals surface area contributed by atoms with Gasteiger partial charge in [-0.05, 0) is 19.8 Å². The van der Waals surface area contributed by atoms with E-state index < -0.39 is 0 Å². The molecule has 84 valence electrons. The Morgan fingerprint density at radius 1 is 1.67 bits per heavy atom. The van der Waals surface area contributed by atoms with Gasteiger partial charge < -0.3 is 4.74 Å². The Labute approximate surface area is 92.0 Å². The lowest BCUT2D eigenvalue weighted by Crippen LogP contribution is -2.31. The van der Waals surface area contributed by atoms with Crippen molar-refractivity contribution >= 4 is 5.78 Å². The summed E-state index contributed by atoms with van der Waals surface area (Å²) in [4.78, 5) is 11.8. The number of hydrogen-bond donors (Lipinski definition) is 0. The first-order chi connectivity index (χ1) is 7.20. The summed E-state index contributed by atoms with van der Waals surface area (Å²) in [5, 5.41) is 0. The van der Waals surface area contributed by atoms with Gasteiger partial charge in [0, 0.05) is 19.4 Å². The SMILES string of the molecule is CCCC(=O)C(OC)C1C=CCC=C1C. The minimum atomic E-state index is -0.294. The van der Waals surface area contributed by atoms with Gasteiger partial charge in [0.1, 0.15) is 6.10 Å². The van der Waals surface area contributed by atoms with Crippen LogP contribution in [0.1, 0.15) is 33.1 Å². The topological polar surface area (TPSA) is 26.3 Å². The maximum Gasteiger partial charge on any atom is 0.162 e. The molecular formula is C13H20O2. The highest BCUT2D eigenvalue weighted by molar-refractivity contribution is 5.84. The number of carbonyl (C=O) groups excluding carboxylic acids is 1. The van der Waals surface area contributed by atoms with Crippen LogP contribution >= 0.6 is 0 Å². The summed E-state index contributed by atoms with van der Waals surface area (Å²) in [7, 11) is 1.62. The van der Waals surface area contributed by atoms with Crippen LogP contribution in [-0.2, 0) is 9.53 Å². The van der Waals surface area contributed by atoms with E-state index >= 15 is 0 Å². The molecule has 0 aromatic carbocycles. The fourth-order valence-corrected chi connectivity index (χ4v) is 1.97. The number of Topliss-reactive ketones (excluding diaryl/α,β-unsaturated/α-hetero) is 1. The van der Waals surface area contributed by atoms with Crippen LogP contribution < -0.4 is 0 Å². The van der Waals surface area contributed by atoms with Crippen LogP contribution in [-0.4, -0.2) is 19.0 Å². The summed E-state index contributed by atoms with van der Waals surface area (Å²) < 4.78 is 5.33. The van der Waals surface area contributed by atoms with Crippen LogP contribution in [0.2, 0.25) is 0 Å². The molecule has 0 bridgehead atoms. The third kappa shape index (κ3) is 3.03. The molecule has 0 aromatic rings. The van der Waals surface area contributed by atoms with Crippen LogP contribution in [0.4, 0.5) is 0 Å². The summed E-state index contributed by atoms with van der Waals surface area (Å²) in [6, 6.07) is 0. The average molecular weight is 208 g/mol. The van der Waals surface area contributed by atoms with Gasteiger partial charge in [0.25, 0.3) is 0 Å². The van der Waals surface area contributed by atoms with Crippen molar-refractivity contribution in [1.29, 1.82) is 0 Å². The van der Waals surface area contributed by atoms with E-state index in [2.05, 4.69) is 25.2 Å². The molecule has 1 rings (SSSR count). The van der Waals surface area contributed by atoms with Crippen molar-refractivity contribution in [3.8, 4) is 0 Å². The van der Waals surface area contributed by atoms with Crippen LogP contribution in [0.15, 0.2) is 23.8 Å². The number of ketones is 1. The minimum absolute atomic E-state index is 0.141. The molecule has 0 spiro atoms. The van der Waals surface area contributed by atoms with E-state index in [0.29, 0.717) is 6.42 Å². The van der Waals surface area contributed by atoms with Crippen molar-refractivity contribution in [2.24, 2.45) is 5.92 Å². The summed E-state index contributed by atoms with van der Waals surface area (Å²) in [5.41, 5.74) is 1.24. The third-order valence-corrected chi connectivity index (χ3v) is 2.84. The van der Waals surface area contributed by atoms with Gasteiger partial charge in [0.2, 0.25) is 0 Å². The molecule has 0 heterocycles. The molecule has 1 aliphatic carbocycles. The molecule has 0 fully saturated rings. The molecule has 0 aliphatic heterocycles. The van der Waals surface area contributed by atoms with E-state index in [1.54, 1.807) is 7.11 Å². The minimum Gasteiger partial charge on any atom is -0.373 e. The van der Waals surface area contributed by atoms with Gasteiger partial charge >= 0.3 is 0 Å². The summed E-state index contributed by atoms with van der Waals surface area (Å²) in [6.07, 6.45) is 8.53. The lowest BCUT2D eigenvalue weighted by Gasteiger charge is -2.25. The third-order valence-electron chi connectivity index (χ3n) is 2.84. The number of rotatable bonds is 5. The normalized spacial score (nSPS) is 22.3. The molecule has 2 nitrogen and oxygen atoms in total. The second-order valence-corrected chi connectivity index (χ2v) is 4.01. The molecule has 2 atom stereocenters. The molecule has 15 heavy (non-hydrogen) atoms. The number of hydrogen-bond acceptors (Lipinski definition) is 2. The zero-order valence-corrected chi connectivity index (χ0v) is 9.82. The number of ether oxygens (including phenoxy) is 1. The van der Waals surface area contributed by atoms with E-state index in [4.69, 9.17) is 4.74 Å². The van der Waals surface area contributed by atoms with E-state index in [1.807, 2.05) is 6.92 Å².